The second-order valence-electron chi connectivity index (χ2n) is 2.78. The van der Waals surface area contributed by atoms with E-state index in [0.29, 0.717) is 6.42 Å². The summed E-state index contributed by atoms with van der Waals surface area (Å²) in [5.74, 6) is -0.0337. The maximum atomic E-state index is 10.9. The predicted molar refractivity (Wildman–Crippen MR) is 58.5 cm³/mol. The first kappa shape index (κ1) is 8.68. The summed E-state index contributed by atoms with van der Waals surface area (Å²) in [4.78, 5) is 10.9. The van der Waals surface area contributed by atoms with E-state index in [1.54, 1.807) is 0 Å². The van der Waals surface area contributed by atoms with Gasteiger partial charge >= 0.3 is 0 Å². The van der Waals surface area contributed by atoms with E-state index in [9.17, 15) is 4.79 Å². The third kappa shape index (κ3) is 1.88. The lowest BCUT2D eigenvalue weighted by Crippen LogP contribution is -2.09. The number of carbonyl (C=O) groups excluding carboxylic acids is 1. The van der Waals surface area contributed by atoms with Crippen molar-refractivity contribution in [1.29, 1.82) is 0 Å². The number of hydrazone groups is 1. The van der Waals surface area contributed by atoms with Crippen LogP contribution in [0.2, 0.25) is 0 Å². The Morgan fingerprint density at radius 1 is 1.31 bits per heavy atom. The summed E-state index contributed by atoms with van der Waals surface area (Å²) in [5, 5.41) is 3.93. The van der Waals surface area contributed by atoms with Gasteiger partial charge in [0.25, 0.3) is 0 Å². The van der Waals surface area contributed by atoms with E-state index < -0.39 is 0 Å². The van der Waals surface area contributed by atoms with Crippen LogP contribution in [0.1, 0.15) is 12.0 Å². The highest BCUT2D eigenvalue weighted by molar-refractivity contribution is 14.1. The lowest BCUT2D eigenvalue weighted by atomic mass is 10.1. The molecule has 0 radical (unpaired) electrons. The highest BCUT2D eigenvalue weighted by atomic mass is 127. The lowest BCUT2D eigenvalue weighted by Gasteiger charge is -1.97. The summed E-state index contributed by atoms with van der Waals surface area (Å²) in [6, 6.07) is 7.95. The maximum absolute atomic E-state index is 10.9. The molecule has 3 nitrogen and oxygen atoms in total. The Labute approximate surface area is 89.4 Å². The number of halogens is 1. The summed E-state index contributed by atoms with van der Waals surface area (Å²) < 4.78 is 1.18. The van der Waals surface area contributed by atoms with E-state index in [-0.39, 0.29) is 5.91 Å². The highest BCUT2D eigenvalue weighted by Crippen LogP contribution is 2.11. The van der Waals surface area contributed by atoms with E-state index in [2.05, 4.69) is 33.1 Å². The highest BCUT2D eigenvalue weighted by Gasteiger charge is 2.15. The zero-order valence-corrected chi connectivity index (χ0v) is 8.91. The summed E-state index contributed by atoms with van der Waals surface area (Å²) in [7, 11) is 0. The lowest BCUT2D eigenvalue weighted by molar-refractivity contribution is -0.119. The van der Waals surface area contributed by atoms with Gasteiger partial charge in [0.2, 0.25) is 5.91 Å². The van der Waals surface area contributed by atoms with Gasteiger partial charge in [-0.25, -0.2) is 5.43 Å². The Hall–Kier alpha value is -0.910. The summed E-state index contributed by atoms with van der Waals surface area (Å²) in [6.45, 7) is 0. The topological polar surface area (TPSA) is 41.5 Å². The fraction of sp³-hybridized carbons (Fsp3) is 0.111. The van der Waals surface area contributed by atoms with Crippen LogP contribution in [0.4, 0.5) is 0 Å². The molecular formula is C9H7IN2O. The molecule has 0 aliphatic carbocycles. The van der Waals surface area contributed by atoms with Crippen LogP contribution in [-0.2, 0) is 4.79 Å². The maximum Gasteiger partial charge on any atom is 0.246 e. The standard InChI is InChI=1S/C9H7IN2O/c10-7-3-1-6(2-4-7)8-5-9(13)12-11-8/h1-4H,5H2,(H,12,13). The van der Waals surface area contributed by atoms with Crippen LogP contribution >= 0.6 is 22.6 Å². The van der Waals surface area contributed by atoms with Crippen molar-refractivity contribution in [2.75, 3.05) is 0 Å². The molecule has 0 saturated carbocycles. The number of benzene rings is 1. The van der Waals surface area contributed by atoms with Gasteiger partial charge in [-0.15, -0.1) is 0 Å². The van der Waals surface area contributed by atoms with Gasteiger partial charge in [0.1, 0.15) is 0 Å². The quantitative estimate of drug-likeness (QED) is 0.781. The van der Waals surface area contributed by atoms with E-state index in [1.807, 2.05) is 24.3 Å². The largest absolute Gasteiger partial charge is 0.273 e. The van der Waals surface area contributed by atoms with Crippen LogP contribution in [0.25, 0.3) is 0 Å². The van der Waals surface area contributed by atoms with Crippen molar-refractivity contribution >= 4 is 34.2 Å². The number of nitrogens with one attached hydrogen (secondary N) is 1. The molecule has 1 amide bonds. The molecule has 0 atom stereocenters. The van der Waals surface area contributed by atoms with Crippen LogP contribution in [0.3, 0.4) is 0 Å². The van der Waals surface area contributed by atoms with Crippen molar-refractivity contribution in [3.63, 3.8) is 0 Å². The van der Waals surface area contributed by atoms with Gasteiger partial charge in [0, 0.05) is 3.57 Å². The van der Waals surface area contributed by atoms with E-state index in [0.717, 1.165) is 11.3 Å². The minimum Gasteiger partial charge on any atom is -0.273 e. The van der Waals surface area contributed by atoms with Gasteiger partial charge in [-0.05, 0) is 40.3 Å². The van der Waals surface area contributed by atoms with Crippen molar-refractivity contribution in [3.8, 4) is 0 Å². The van der Waals surface area contributed by atoms with Crippen molar-refractivity contribution in [3.05, 3.63) is 33.4 Å². The van der Waals surface area contributed by atoms with Crippen LogP contribution < -0.4 is 5.43 Å². The Kier molecular flexibility index (Phi) is 2.30. The summed E-state index contributed by atoms with van der Waals surface area (Å²) in [5.41, 5.74) is 4.26. The van der Waals surface area contributed by atoms with E-state index in [4.69, 9.17) is 0 Å². The number of carbonyl (C=O) groups is 1. The number of nitrogens with zero attached hydrogens (tertiary/aromatic N) is 1. The molecule has 4 heteroatoms. The smallest absolute Gasteiger partial charge is 0.246 e. The molecule has 1 heterocycles. The van der Waals surface area contributed by atoms with Gasteiger partial charge in [-0.2, -0.15) is 5.10 Å². The molecule has 1 N–H and O–H groups in total. The Bertz CT molecular complexity index is 370. The molecular weight excluding hydrogens is 279 g/mol. The van der Waals surface area contributed by atoms with E-state index in [1.165, 1.54) is 3.57 Å². The first-order chi connectivity index (χ1) is 6.25. The number of hydrogen-bond acceptors (Lipinski definition) is 2. The second kappa shape index (κ2) is 3.45. The molecule has 0 bridgehead atoms. The first-order valence-corrected chi connectivity index (χ1v) is 4.95. The molecule has 2 rings (SSSR count). The van der Waals surface area contributed by atoms with Gasteiger partial charge < -0.3 is 0 Å². The molecule has 0 aromatic heterocycles. The fourth-order valence-electron chi connectivity index (χ4n) is 1.17. The van der Waals surface area contributed by atoms with Gasteiger partial charge in [0.15, 0.2) is 0 Å². The van der Waals surface area contributed by atoms with E-state index >= 15 is 0 Å². The average Bonchev–Trinajstić information content (AvgIpc) is 2.53. The Morgan fingerprint density at radius 2 is 2.00 bits per heavy atom. The predicted octanol–water partition coefficient (Wildman–Crippen LogP) is 1.52. The molecule has 1 aromatic carbocycles. The van der Waals surface area contributed by atoms with Crippen molar-refractivity contribution in [2.45, 2.75) is 6.42 Å². The molecule has 66 valence electrons. The van der Waals surface area contributed by atoms with Gasteiger partial charge in [-0.1, -0.05) is 12.1 Å². The molecule has 1 aliphatic rings. The van der Waals surface area contributed by atoms with Crippen molar-refractivity contribution in [2.24, 2.45) is 5.10 Å². The van der Waals surface area contributed by atoms with Crippen LogP contribution in [-0.4, -0.2) is 11.6 Å². The van der Waals surface area contributed by atoms with Crippen molar-refractivity contribution < 1.29 is 4.79 Å². The second-order valence-corrected chi connectivity index (χ2v) is 4.02. The minimum atomic E-state index is -0.0337. The van der Waals surface area contributed by atoms with Gasteiger partial charge in [0.05, 0.1) is 12.1 Å². The fourth-order valence-corrected chi connectivity index (χ4v) is 1.53. The number of hydrogen-bond donors (Lipinski definition) is 1. The Morgan fingerprint density at radius 3 is 2.54 bits per heavy atom. The zero-order chi connectivity index (χ0) is 9.26. The normalized spacial score (nSPS) is 15.5. The third-order valence-electron chi connectivity index (χ3n) is 1.82. The molecule has 0 spiro atoms. The number of amides is 1. The molecule has 13 heavy (non-hydrogen) atoms. The first-order valence-electron chi connectivity index (χ1n) is 3.87. The molecule has 0 unspecified atom stereocenters. The molecule has 1 aromatic rings. The molecule has 0 saturated heterocycles. The van der Waals surface area contributed by atoms with Crippen molar-refractivity contribution in [1.82, 2.24) is 5.43 Å². The monoisotopic (exact) mass is 286 g/mol. The minimum absolute atomic E-state index is 0.0337. The third-order valence-corrected chi connectivity index (χ3v) is 2.54. The van der Waals surface area contributed by atoms with Gasteiger partial charge in [-0.3, -0.25) is 4.79 Å². The average molecular weight is 286 g/mol. The zero-order valence-electron chi connectivity index (χ0n) is 6.75. The van der Waals surface area contributed by atoms with Crippen LogP contribution in [0.15, 0.2) is 29.4 Å². The summed E-state index contributed by atoms with van der Waals surface area (Å²) in [6.07, 6.45) is 0.389. The van der Waals surface area contributed by atoms with Crippen LogP contribution in [0, 0.1) is 3.57 Å². The Balaban J connectivity index is 2.27. The molecule has 1 aliphatic heterocycles. The van der Waals surface area contributed by atoms with Crippen LogP contribution in [0.5, 0.6) is 0 Å². The number of rotatable bonds is 1. The SMILES string of the molecule is O=C1CC(c2ccc(I)cc2)=NN1. The molecule has 0 fully saturated rings. The summed E-state index contributed by atoms with van der Waals surface area (Å²) >= 11 is 2.24.